The fraction of sp³-hybridized carbons (Fsp3) is 0.263. The Kier molecular flexibility index (Phi) is 5.86. The summed E-state index contributed by atoms with van der Waals surface area (Å²) in [4.78, 5) is 31.7. The van der Waals surface area contributed by atoms with Crippen LogP contribution in [-0.4, -0.2) is 55.0 Å². The normalized spacial score (nSPS) is 11.0. The molecule has 0 saturated heterocycles. The predicted octanol–water partition coefficient (Wildman–Crippen LogP) is 3.42. The van der Waals surface area contributed by atoms with Gasteiger partial charge in [-0.25, -0.2) is 4.98 Å². The Morgan fingerprint density at radius 3 is 2.50 bits per heavy atom. The van der Waals surface area contributed by atoms with Crippen LogP contribution in [0.2, 0.25) is 0 Å². The van der Waals surface area contributed by atoms with Crippen molar-refractivity contribution in [2.75, 3.05) is 39.2 Å². The highest BCUT2D eigenvalue weighted by atomic mass is 32.1. The van der Waals surface area contributed by atoms with Crippen LogP contribution in [0.5, 0.6) is 5.75 Å². The minimum atomic E-state index is -0.487. The molecule has 3 aromatic rings. The lowest BCUT2D eigenvalue weighted by molar-refractivity contribution is -0.384. The molecule has 28 heavy (non-hydrogen) atoms. The minimum Gasteiger partial charge on any atom is -0.497 e. The number of likely N-dealkylation sites (N-methyl/N-ethyl adjacent to an activating group) is 1. The molecule has 3 rings (SSSR count). The molecule has 0 N–H and O–H groups in total. The molecule has 8 nitrogen and oxygen atoms in total. The van der Waals surface area contributed by atoms with Gasteiger partial charge >= 0.3 is 0 Å². The molecule has 0 aliphatic rings. The molecule has 1 heterocycles. The minimum absolute atomic E-state index is 0.0523. The van der Waals surface area contributed by atoms with Crippen LogP contribution in [0.1, 0.15) is 10.4 Å². The number of rotatable bonds is 7. The van der Waals surface area contributed by atoms with Crippen molar-refractivity contribution in [1.82, 2.24) is 9.88 Å². The predicted molar refractivity (Wildman–Crippen MR) is 109 cm³/mol. The maximum absolute atomic E-state index is 13.1. The van der Waals surface area contributed by atoms with Gasteiger partial charge in [0.1, 0.15) is 5.75 Å². The Morgan fingerprint density at radius 2 is 1.89 bits per heavy atom. The highest BCUT2D eigenvalue weighted by molar-refractivity contribution is 7.22. The lowest BCUT2D eigenvalue weighted by atomic mass is 10.2. The first kappa shape index (κ1) is 19.7. The second-order valence-corrected chi connectivity index (χ2v) is 7.40. The van der Waals surface area contributed by atoms with Gasteiger partial charge in [0.25, 0.3) is 11.6 Å². The van der Waals surface area contributed by atoms with Crippen molar-refractivity contribution in [1.29, 1.82) is 0 Å². The number of aromatic nitrogens is 1. The first-order chi connectivity index (χ1) is 13.4. The molecular weight excluding hydrogens is 380 g/mol. The van der Waals surface area contributed by atoms with Crippen LogP contribution < -0.4 is 9.64 Å². The number of amides is 1. The van der Waals surface area contributed by atoms with Gasteiger partial charge in [-0.05, 0) is 38.4 Å². The Morgan fingerprint density at radius 1 is 1.18 bits per heavy atom. The van der Waals surface area contributed by atoms with Crippen molar-refractivity contribution in [3.63, 3.8) is 0 Å². The summed E-state index contributed by atoms with van der Waals surface area (Å²) >= 11 is 1.42. The number of hydrogen-bond donors (Lipinski definition) is 0. The molecular formula is C19H20N4O4S. The van der Waals surface area contributed by atoms with E-state index in [1.54, 1.807) is 12.0 Å². The highest BCUT2D eigenvalue weighted by Crippen LogP contribution is 2.32. The van der Waals surface area contributed by atoms with Crippen molar-refractivity contribution in [3.05, 3.63) is 58.1 Å². The van der Waals surface area contributed by atoms with Crippen molar-refractivity contribution in [3.8, 4) is 5.75 Å². The molecule has 9 heteroatoms. The van der Waals surface area contributed by atoms with E-state index in [0.29, 0.717) is 29.5 Å². The number of ether oxygens (including phenoxy) is 1. The molecule has 0 atom stereocenters. The summed E-state index contributed by atoms with van der Waals surface area (Å²) in [5.41, 5.74) is 1.08. The Labute approximate surface area is 166 Å². The quantitative estimate of drug-likeness (QED) is 0.446. The maximum Gasteiger partial charge on any atom is 0.269 e. The molecule has 0 bridgehead atoms. The third-order valence-electron chi connectivity index (χ3n) is 4.16. The number of non-ortho nitro benzene ring substituents is 1. The lowest BCUT2D eigenvalue weighted by Crippen LogP contribution is -2.36. The SMILES string of the molecule is COc1ccc2sc(N(CCN(C)C)C(=O)c3ccc([N+](=O)[O-])cc3)nc2c1. The molecule has 1 amide bonds. The van der Waals surface area contributed by atoms with Gasteiger partial charge in [-0.3, -0.25) is 19.8 Å². The summed E-state index contributed by atoms with van der Waals surface area (Å²) in [6.07, 6.45) is 0. The lowest BCUT2D eigenvalue weighted by Gasteiger charge is -2.22. The van der Waals surface area contributed by atoms with Gasteiger partial charge < -0.3 is 9.64 Å². The van der Waals surface area contributed by atoms with E-state index in [1.807, 2.05) is 37.2 Å². The molecule has 0 aliphatic carbocycles. The van der Waals surface area contributed by atoms with E-state index < -0.39 is 4.92 Å². The van der Waals surface area contributed by atoms with E-state index in [4.69, 9.17) is 4.74 Å². The fourth-order valence-electron chi connectivity index (χ4n) is 2.60. The number of nitro groups is 1. The number of anilines is 1. The van der Waals surface area contributed by atoms with Gasteiger partial charge in [-0.15, -0.1) is 0 Å². The number of nitro benzene ring substituents is 1. The number of hydrogen-bond acceptors (Lipinski definition) is 7. The molecule has 0 unspecified atom stereocenters. The van der Waals surface area contributed by atoms with E-state index in [9.17, 15) is 14.9 Å². The second-order valence-electron chi connectivity index (χ2n) is 6.39. The summed E-state index contributed by atoms with van der Waals surface area (Å²) in [6.45, 7) is 1.09. The smallest absolute Gasteiger partial charge is 0.269 e. The maximum atomic E-state index is 13.1. The third kappa shape index (κ3) is 4.26. The first-order valence-corrected chi connectivity index (χ1v) is 9.36. The summed E-state index contributed by atoms with van der Waals surface area (Å²) in [5.74, 6) is 0.452. The average molecular weight is 400 g/mol. The first-order valence-electron chi connectivity index (χ1n) is 8.54. The van der Waals surface area contributed by atoms with Gasteiger partial charge in [0, 0.05) is 36.9 Å². The van der Waals surface area contributed by atoms with Crippen LogP contribution in [-0.2, 0) is 0 Å². The zero-order valence-electron chi connectivity index (χ0n) is 15.8. The number of benzene rings is 2. The van der Waals surface area contributed by atoms with Gasteiger partial charge in [0.2, 0.25) is 0 Å². The van der Waals surface area contributed by atoms with E-state index in [0.717, 1.165) is 10.2 Å². The fourth-order valence-corrected chi connectivity index (χ4v) is 3.57. The van der Waals surface area contributed by atoms with Crippen LogP contribution in [0.25, 0.3) is 10.2 Å². The summed E-state index contributed by atoms with van der Waals surface area (Å²) in [5, 5.41) is 11.4. The standard InChI is InChI=1S/C19H20N4O4S/c1-21(2)10-11-22(18(24)13-4-6-14(7-5-13)23(25)26)19-20-16-12-15(27-3)8-9-17(16)28-19/h4-9,12H,10-11H2,1-3H3. The Hall–Kier alpha value is -3.04. The number of methoxy groups -OCH3 is 1. The molecule has 0 radical (unpaired) electrons. The van der Waals surface area contributed by atoms with E-state index in [1.165, 1.54) is 35.6 Å². The molecule has 0 spiro atoms. The van der Waals surface area contributed by atoms with Crippen LogP contribution >= 0.6 is 11.3 Å². The molecule has 1 aromatic heterocycles. The van der Waals surface area contributed by atoms with Crippen molar-refractivity contribution in [2.45, 2.75) is 0 Å². The molecule has 0 saturated carbocycles. The van der Waals surface area contributed by atoms with Gasteiger partial charge in [0.15, 0.2) is 5.13 Å². The number of nitrogens with zero attached hydrogens (tertiary/aromatic N) is 4. The molecule has 2 aromatic carbocycles. The molecule has 146 valence electrons. The van der Waals surface area contributed by atoms with E-state index >= 15 is 0 Å². The number of thiazole rings is 1. The van der Waals surface area contributed by atoms with Crippen LogP contribution in [0, 0.1) is 10.1 Å². The Bertz CT molecular complexity index is 1000. The molecule has 0 aliphatic heterocycles. The monoisotopic (exact) mass is 400 g/mol. The van der Waals surface area contributed by atoms with Crippen molar-refractivity contribution < 1.29 is 14.5 Å². The van der Waals surface area contributed by atoms with Gasteiger partial charge in [-0.2, -0.15) is 0 Å². The van der Waals surface area contributed by atoms with Crippen LogP contribution in [0.15, 0.2) is 42.5 Å². The van der Waals surface area contributed by atoms with Gasteiger partial charge in [-0.1, -0.05) is 11.3 Å². The van der Waals surface area contributed by atoms with Gasteiger partial charge in [0.05, 0.1) is 22.2 Å². The second kappa shape index (κ2) is 8.32. The van der Waals surface area contributed by atoms with Crippen LogP contribution in [0.3, 0.4) is 0 Å². The number of carbonyl (C=O) groups excluding carboxylic acids is 1. The van der Waals surface area contributed by atoms with Crippen molar-refractivity contribution >= 4 is 38.3 Å². The number of fused-ring (bicyclic) bond motifs is 1. The van der Waals surface area contributed by atoms with E-state index in [-0.39, 0.29) is 11.6 Å². The third-order valence-corrected chi connectivity index (χ3v) is 5.21. The molecule has 0 fully saturated rings. The highest BCUT2D eigenvalue weighted by Gasteiger charge is 2.22. The zero-order chi connectivity index (χ0) is 20.3. The number of carbonyl (C=O) groups is 1. The topological polar surface area (TPSA) is 88.8 Å². The summed E-state index contributed by atoms with van der Waals surface area (Å²) < 4.78 is 6.19. The Balaban J connectivity index is 1.95. The summed E-state index contributed by atoms with van der Waals surface area (Å²) in [6, 6.07) is 11.2. The summed E-state index contributed by atoms with van der Waals surface area (Å²) in [7, 11) is 5.45. The van der Waals surface area contributed by atoms with Crippen molar-refractivity contribution in [2.24, 2.45) is 0 Å². The zero-order valence-corrected chi connectivity index (χ0v) is 16.6. The van der Waals surface area contributed by atoms with Crippen LogP contribution in [0.4, 0.5) is 10.8 Å². The largest absolute Gasteiger partial charge is 0.497 e. The van der Waals surface area contributed by atoms with E-state index in [2.05, 4.69) is 4.98 Å². The average Bonchev–Trinajstić information content (AvgIpc) is 3.10.